The first-order valence-electron chi connectivity index (χ1n) is 35.0. The molecule has 9 aromatic heterocycles. The van der Waals surface area contributed by atoms with Crippen LogP contribution in [0, 0.1) is 20.8 Å². The van der Waals surface area contributed by atoms with Crippen molar-refractivity contribution < 1.29 is 34.8 Å². The van der Waals surface area contributed by atoms with Crippen molar-refractivity contribution >= 4 is 118 Å². The maximum absolute atomic E-state index is 12.9. The number of nitrogens with zero attached hydrogens (tertiary/aromatic N) is 9. The summed E-state index contributed by atoms with van der Waals surface area (Å²) in [4.78, 5) is 63.8. The molecule has 22 nitrogen and oxygen atoms in total. The number of aryl methyl sites for hydroxylation is 3. The third kappa shape index (κ3) is 18.9. The van der Waals surface area contributed by atoms with E-state index in [9.17, 15) is 29.7 Å². The highest BCUT2D eigenvalue weighted by atomic mass is 35.5. The van der Waals surface area contributed by atoms with Crippen molar-refractivity contribution in [2.75, 3.05) is 0 Å². The van der Waals surface area contributed by atoms with Crippen LogP contribution in [0.25, 0.3) is 65.4 Å². The van der Waals surface area contributed by atoms with E-state index in [0.717, 1.165) is 144 Å². The summed E-state index contributed by atoms with van der Waals surface area (Å²) in [7, 11) is 0. The first-order valence-corrected chi connectivity index (χ1v) is 36.1. The topological polar surface area (TPSA) is 346 Å². The van der Waals surface area contributed by atoms with Gasteiger partial charge in [-0.15, -0.1) is 0 Å². The van der Waals surface area contributed by atoms with Crippen molar-refractivity contribution in [2.24, 2.45) is 5.73 Å². The van der Waals surface area contributed by atoms with E-state index in [1.54, 1.807) is 103 Å². The molecule has 25 heteroatoms. The number of fused-ring (bicyclic) bond motifs is 6. The number of nitrogens with one attached hydrogen (secondary N) is 5. The lowest BCUT2D eigenvalue weighted by Gasteiger charge is -2.21. The number of carboxylic acid groups (broad SMARTS) is 1. The van der Waals surface area contributed by atoms with Crippen LogP contribution in [0.15, 0.2) is 183 Å². The van der Waals surface area contributed by atoms with E-state index in [1.165, 1.54) is 12.3 Å². The molecule has 0 bridgehead atoms. The van der Waals surface area contributed by atoms with E-state index in [1.807, 2.05) is 106 Å². The molecule has 11 N–H and O–H groups in total. The Bertz CT molecular complexity index is 5700. The van der Waals surface area contributed by atoms with Gasteiger partial charge in [0.15, 0.2) is 0 Å². The second-order valence-electron chi connectivity index (χ2n) is 28.5. The van der Waals surface area contributed by atoms with Crippen LogP contribution >= 0.6 is 34.8 Å². The van der Waals surface area contributed by atoms with Crippen LogP contribution in [-0.4, -0.2) is 98.7 Å². The summed E-state index contributed by atoms with van der Waals surface area (Å²) in [6.45, 7) is 17.5. The minimum atomic E-state index is -1.05. The Balaban J connectivity index is 0.000000143. The zero-order valence-corrected chi connectivity index (χ0v) is 63.6. The van der Waals surface area contributed by atoms with Gasteiger partial charge in [-0.1, -0.05) is 53.0 Å². The number of H-pyrrole nitrogens is 3. The Hall–Kier alpha value is -11.5. The minimum absolute atomic E-state index is 0.209. The number of nitrogens with two attached hydrogens (primary N) is 1. The fraction of sp³-hybridized carbons (Fsp3) is 0.214. The van der Waals surface area contributed by atoms with Crippen molar-refractivity contribution in [3.8, 4) is 0 Å². The summed E-state index contributed by atoms with van der Waals surface area (Å²) < 4.78 is 0. The van der Waals surface area contributed by atoms with E-state index in [4.69, 9.17) is 45.6 Å². The molecule has 6 aromatic carbocycles. The minimum Gasteiger partial charge on any atom is -0.478 e. The third-order valence-corrected chi connectivity index (χ3v) is 18.8. The molecule has 0 unspecified atom stereocenters. The smallest absolute Gasteiger partial charge is 0.335 e. The van der Waals surface area contributed by atoms with Crippen LogP contribution in [0.3, 0.4) is 0 Å². The van der Waals surface area contributed by atoms with E-state index < -0.39 is 22.8 Å². The number of aliphatic hydroxyl groups is 3. The van der Waals surface area contributed by atoms with Gasteiger partial charge >= 0.3 is 5.97 Å². The summed E-state index contributed by atoms with van der Waals surface area (Å²) in [5.74, 6) is -1.39. The molecule has 15 aromatic rings. The van der Waals surface area contributed by atoms with Crippen LogP contribution in [0.2, 0.25) is 15.1 Å². The van der Waals surface area contributed by atoms with Crippen molar-refractivity contribution in [1.82, 2.24) is 71.1 Å². The molecule has 0 aliphatic rings. The van der Waals surface area contributed by atoms with Gasteiger partial charge in [0.05, 0.1) is 85.6 Å². The van der Waals surface area contributed by atoms with Crippen LogP contribution in [-0.2, 0) is 55.7 Å². The molecule has 109 heavy (non-hydrogen) atoms. The Morgan fingerprint density at radius 2 is 0.725 bits per heavy atom. The summed E-state index contributed by atoms with van der Waals surface area (Å²) in [5.41, 5.74) is 21.4. The monoisotopic (exact) mass is 1520 g/mol. The Morgan fingerprint density at radius 1 is 0.413 bits per heavy atom. The zero-order valence-electron chi connectivity index (χ0n) is 61.3. The predicted octanol–water partition coefficient (Wildman–Crippen LogP) is 15.6. The Morgan fingerprint density at radius 3 is 1.05 bits per heavy atom. The molecule has 0 atom stereocenters. The standard InChI is InChI=1S/2C28H26ClN5O2.C20H20N2O3.C8H8ClN3/c2*1-16-8-19-9-17(11-23(28(2,3)36)26(19)31-14-16)10-21-12-18(6-7-30-21)27(35)32-15-25-22-13-20(29)4-5-24(22)33-34-25;1-12-6-15-7-13(8-16-10-14(19(23)24)4-5-21-16)9-17(20(2,3)25)18(15)22-11-12;9-5-1-2-7-6(3-5)8(4-10)12-11-7/h2*4-9,11-14,36H,10,15H2,1-3H3,(H,32,35)(H,33,34);4-7,9-11,25H,8H2,1-3H3,(H,23,24);1-3H,4,10H2,(H,11,12). The number of hydrogen-bond donors (Lipinski definition) is 10. The molecule has 0 aliphatic carbocycles. The molecule has 0 spiro atoms. The van der Waals surface area contributed by atoms with Gasteiger partial charge in [-0.25, -0.2) is 4.79 Å². The van der Waals surface area contributed by atoms with Gasteiger partial charge in [0, 0.05) is 155 Å². The molecule has 0 saturated heterocycles. The van der Waals surface area contributed by atoms with Crippen LogP contribution < -0.4 is 16.4 Å². The maximum Gasteiger partial charge on any atom is 0.335 e. The summed E-state index contributed by atoms with van der Waals surface area (Å²) in [6.07, 6.45) is 11.7. The quantitative estimate of drug-likeness (QED) is 0.0405. The molecule has 0 aliphatic heterocycles. The molecule has 9 heterocycles. The lowest BCUT2D eigenvalue weighted by atomic mass is 9.91. The van der Waals surface area contributed by atoms with Crippen molar-refractivity contribution in [1.29, 1.82) is 0 Å². The fourth-order valence-electron chi connectivity index (χ4n) is 12.8. The van der Waals surface area contributed by atoms with Crippen molar-refractivity contribution in [3.05, 3.63) is 299 Å². The predicted molar refractivity (Wildman–Crippen MR) is 427 cm³/mol. The SMILES string of the molecule is Cc1cnc2c(C(C)(C)O)cc(Cc3cc(C(=O)NCc4[nH]nc5ccc(Cl)cc45)ccn3)cc2c1.Cc1cnc2c(C(C)(C)O)cc(Cc3cc(C(=O)NCc4[nH]nc5ccc(Cl)cc45)ccn3)cc2c1.Cc1cnc2c(C(C)(C)O)cc(Cc3cc(C(=O)O)ccn3)cc2c1.NCc1[nH]nc2ccc(Cl)cc12. The number of amides is 2. The van der Waals surface area contributed by atoms with Gasteiger partial charge in [-0.05, 0) is 223 Å². The average Bonchev–Trinajstić information content (AvgIpc) is 1.78. The van der Waals surface area contributed by atoms with Crippen LogP contribution in [0.5, 0.6) is 0 Å². The first kappa shape index (κ1) is 77.2. The van der Waals surface area contributed by atoms with E-state index in [0.29, 0.717) is 70.8 Å². The van der Waals surface area contributed by atoms with Gasteiger partial charge < -0.3 is 36.8 Å². The molecule has 554 valence electrons. The average molecular weight is 1520 g/mol. The number of aromatic amines is 3. The molecule has 2 amide bonds. The molecule has 0 fully saturated rings. The van der Waals surface area contributed by atoms with Gasteiger partial charge in [0.25, 0.3) is 11.8 Å². The second kappa shape index (κ2) is 32.5. The van der Waals surface area contributed by atoms with Crippen molar-refractivity contribution in [3.63, 3.8) is 0 Å². The lowest BCUT2D eigenvalue weighted by Crippen LogP contribution is -2.23. The number of aromatic carboxylic acids is 1. The molecule has 15 rings (SSSR count). The number of rotatable bonds is 17. The lowest BCUT2D eigenvalue weighted by molar-refractivity contribution is 0.0694. The highest BCUT2D eigenvalue weighted by Gasteiger charge is 2.25. The van der Waals surface area contributed by atoms with Gasteiger partial charge in [0.2, 0.25) is 0 Å². The van der Waals surface area contributed by atoms with E-state index in [2.05, 4.69) is 95.4 Å². The number of benzene rings is 6. The molecular weight excluding hydrogens is 1440 g/mol. The highest BCUT2D eigenvalue weighted by molar-refractivity contribution is 6.32. The maximum atomic E-state index is 12.9. The molecule has 0 saturated carbocycles. The largest absolute Gasteiger partial charge is 0.478 e. The van der Waals surface area contributed by atoms with Crippen LogP contribution in [0.1, 0.15) is 157 Å². The molecule has 0 radical (unpaired) electrons. The number of hydrogen-bond acceptors (Lipinski definition) is 16. The Kier molecular flexibility index (Phi) is 23.0. The molecular formula is C84H80Cl3N15O7. The van der Waals surface area contributed by atoms with Gasteiger partial charge in [-0.2, -0.15) is 15.3 Å². The van der Waals surface area contributed by atoms with Crippen molar-refractivity contribution in [2.45, 2.75) is 118 Å². The number of carbonyl (C=O) groups excluding carboxylic acids is 2. The third-order valence-electron chi connectivity index (χ3n) is 18.1. The number of carboxylic acids is 1. The first-order chi connectivity index (χ1) is 51.9. The highest BCUT2D eigenvalue weighted by Crippen LogP contribution is 2.34. The second-order valence-corrected chi connectivity index (χ2v) is 29.8. The number of carbonyl (C=O) groups is 3. The van der Waals surface area contributed by atoms with E-state index >= 15 is 0 Å². The zero-order chi connectivity index (χ0) is 77.6. The Labute approximate surface area is 642 Å². The van der Waals surface area contributed by atoms with Gasteiger partial charge in [0.1, 0.15) is 0 Å². The summed E-state index contributed by atoms with van der Waals surface area (Å²) >= 11 is 18.0. The normalized spacial score (nSPS) is 11.7. The van der Waals surface area contributed by atoms with Gasteiger partial charge in [-0.3, -0.25) is 54.8 Å². The summed E-state index contributed by atoms with van der Waals surface area (Å²) in [5, 5.41) is 76.0. The number of pyridine rings is 6. The van der Waals surface area contributed by atoms with E-state index in [-0.39, 0.29) is 17.4 Å². The number of halogens is 3. The fourth-order valence-corrected chi connectivity index (χ4v) is 13.3. The number of aromatic nitrogens is 12. The summed E-state index contributed by atoms with van der Waals surface area (Å²) in [6, 6.07) is 44.6. The van der Waals surface area contributed by atoms with Crippen LogP contribution in [0.4, 0.5) is 0 Å².